The maximum atomic E-state index is 13.6. The summed E-state index contributed by atoms with van der Waals surface area (Å²) >= 11 is 1.79. The SMILES string of the molecule is Cl.O=C(N1CC[C@@H]2CNC[C@@H]2CC1)C1(c2cccs2)CCCCC1. The molecule has 3 fully saturated rings. The molecule has 1 aromatic heterocycles. The maximum Gasteiger partial charge on any atom is 0.234 e. The second-order valence-corrected chi connectivity index (χ2v) is 8.62. The van der Waals surface area contributed by atoms with E-state index in [1.807, 2.05) is 0 Å². The van der Waals surface area contributed by atoms with Crippen LogP contribution in [0.2, 0.25) is 0 Å². The number of nitrogens with one attached hydrogen (secondary N) is 1. The quantitative estimate of drug-likeness (QED) is 0.860. The first kappa shape index (κ1) is 18.2. The van der Waals surface area contributed by atoms with Crippen LogP contribution in [0.3, 0.4) is 0 Å². The molecule has 3 heterocycles. The smallest absolute Gasteiger partial charge is 0.234 e. The lowest BCUT2D eigenvalue weighted by Crippen LogP contribution is -2.48. The van der Waals surface area contributed by atoms with Gasteiger partial charge in [0.05, 0.1) is 5.41 Å². The maximum absolute atomic E-state index is 13.6. The molecule has 0 bridgehead atoms. The lowest BCUT2D eigenvalue weighted by Gasteiger charge is -2.39. The number of hydrogen-bond donors (Lipinski definition) is 1. The van der Waals surface area contributed by atoms with Crippen LogP contribution in [0.15, 0.2) is 17.5 Å². The molecule has 1 amide bonds. The van der Waals surface area contributed by atoms with Crippen LogP contribution in [-0.4, -0.2) is 37.0 Å². The number of likely N-dealkylation sites (tertiary alicyclic amines) is 1. The van der Waals surface area contributed by atoms with Gasteiger partial charge in [-0.3, -0.25) is 4.79 Å². The summed E-state index contributed by atoms with van der Waals surface area (Å²) in [5, 5.41) is 5.66. The normalized spacial score (nSPS) is 29.4. The summed E-state index contributed by atoms with van der Waals surface area (Å²) in [6, 6.07) is 4.31. The Hall–Kier alpha value is -0.580. The van der Waals surface area contributed by atoms with E-state index in [-0.39, 0.29) is 17.8 Å². The molecule has 1 aliphatic carbocycles. The molecule has 1 N–H and O–H groups in total. The average Bonchev–Trinajstić information content (AvgIpc) is 3.24. The molecule has 1 aromatic rings. The van der Waals surface area contributed by atoms with E-state index in [2.05, 4.69) is 27.7 Å². The van der Waals surface area contributed by atoms with Gasteiger partial charge >= 0.3 is 0 Å². The van der Waals surface area contributed by atoms with Crippen molar-refractivity contribution in [2.24, 2.45) is 11.8 Å². The number of nitrogens with zero attached hydrogens (tertiary/aromatic N) is 1. The van der Waals surface area contributed by atoms with Gasteiger partial charge in [0.1, 0.15) is 0 Å². The van der Waals surface area contributed by atoms with Gasteiger partial charge in [0.25, 0.3) is 0 Å². The Morgan fingerprint density at radius 2 is 1.79 bits per heavy atom. The molecule has 24 heavy (non-hydrogen) atoms. The van der Waals surface area contributed by atoms with Crippen LogP contribution in [0.25, 0.3) is 0 Å². The Kier molecular flexibility index (Phi) is 5.89. The summed E-state index contributed by atoms with van der Waals surface area (Å²) in [6.45, 7) is 4.25. The molecule has 0 radical (unpaired) electrons. The van der Waals surface area contributed by atoms with Crippen molar-refractivity contribution in [1.29, 1.82) is 0 Å². The molecule has 4 rings (SSSR count). The minimum atomic E-state index is -0.204. The summed E-state index contributed by atoms with van der Waals surface area (Å²) < 4.78 is 0. The second kappa shape index (κ2) is 7.76. The molecule has 2 atom stereocenters. The topological polar surface area (TPSA) is 32.3 Å². The molecular weight excluding hydrogens is 340 g/mol. The molecule has 3 aliphatic rings. The van der Waals surface area contributed by atoms with Crippen molar-refractivity contribution in [3.05, 3.63) is 22.4 Å². The van der Waals surface area contributed by atoms with Crippen molar-refractivity contribution in [1.82, 2.24) is 10.2 Å². The van der Waals surface area contributed by atoms with E-state index in [0.717, 1.165) is 50.9 Å². The van der Waals surface area contributed by atoms with Gasteiger partial charge in [0.2, 0.25) is 5.91 Å². The van der Waals surface area contributed by atoms with Crippen LogP contribution in [0.4, 0.5) is 0 Å². The number of thiophene rings is 1. The number of fused-ring (bicyclic) bond motifs is 1. The lowest BCUT2D eigenvalue weighted by atomic mass is 9.72. The fourth-order valence-corrected chi connectivity index (χ4v) is 5.97. The Bertz CT molecular complexity index is 528. The molecule has 2 aliphatic heterocycles. The Labute approximate surface area is 155 Å². The Balaban J connectivity index is 0.00000169. The predicted octanol–water partition coefficient (Wildman–Crippen LogP) is 3.83. The highest BCUT2D eigenvalue weighted by Gasteiger charge is 2.45. The van der Waals surface area contributed by atoms with Crippen LogP contribution in [0.1, 0.15) is 49.8 Å². The van der Waals surface area contributed by atoms with Gasteiger partial charge in [-0.2, -0.15) is 0 Å². The van der Waals surface area contributed by atoms with Gasteiger partial charge in [0.15, 0.2) is 0 Å². The molecule has 134 valence electrons. The number of carbonyl (C=O) groups is 1. The van der Waals surface area contributed by atoms with Crippen molar-refractivity contribution in [2.45, 2.75) is 50.4 Å². The number of amides is 1. The standard InChI is InChI=1S/C19H28N2OS.ClH/c22-18(21-10-6-15-13-20-14-16(15)7-11-21)19(8-2-1-3-9-19)17-5-4-12-23-17;/h4-5,12,15-16,20H,1-3,6-11,13-14H2;1H/t15-,16+;. The van der Waals surface area contributed by atoms with Crippen LogP contribution in [-0.2, 0) is 10.2 Å². The zero-order chi connectivity index (χ0) is 15.7. The fraction of sp³-hybridized carbons (Fsp3) is 0.737. The predicted molar refractivity (Wildman–Crippen MR) is 102 cm³/mol. The molecule has 0 aromatic carbocycles. The molecule has 2 saturated heterocycles. The third-order valence-electron chi connectivity index (χ3n) is 6.42. The van der Waals surface area contributed by atoms with Crippen LogP contribution in [0.5, 0.6) is 0 Å². The van der Waals surface area contributed by atoms with E-state index in [1.165, 1.54) is 37.0 Å². The summed E-state index contributed by atoms with van der Waals surface area (Å²) in [7, 11) is 0. The van der Waals surface area contributed by atoms with Crippen LogP contribution < -0.4 is 5.32 Å². The monoisotopic (exact) mass is 368 g/mol. The Morgan fingerprint density at radius 3 is 2.38 bits per heavy atom. The second-order valence-electron chi connectivity index (χ2n) is 7.67. The van der Waals surface area contributed by atoms with Crippen molar-refractivity contribution < 1.29 is 4.79 Å². The van der Waals surface area contributed by atoms with Crippen LogP contribution in [0, 0.1) is 11.8 Å². The minimum absolute atomic E-state index is 0. The first-order valence-corrected chi connectivity index (χ1v) is 10.2. The van der Waals surface area contributed by atoms with Crippen molar-refractivity contribution in [3.63, 3.8) is 0 Å². The lowest BCUT2D eigenvalue weighted by molar-refractivity contribution is -0.138. The highest BCUT2D eigenvalue weighted by molar-refractivity contribution is 7.10. The summed E-state index contributed by atoms with van der Waals surface area (Å²) in [5.41, 5.74) is -0.204. The third kappa shape index (κ3) is 3.25. The van der Waals surface area contributed by atoms with E-state index in [9.17, 15) is 4.79 Å². The molecular formula is C19H29ClN2OS. The van der Waals surface area contributed by atoms with E-state index >= 15 is 0 Å². The van der Waals surface area contributed by atoms with Crippen LogP contribution >= 0.6 is 23.7 Å². The average molecular weight is 369 g/mol. The molecule has 5 heteroatoms. The third-order valence-corrected chi connectivity index (χ3v) is 7.49. The highest BCUT2D eigenvalue weighted by Crippen LogP contribution is 2.43. The first-order valence-electron chi connectivity index (χ1n) is 9.34. The minimum Gasteiger partial charge on any atom is -0.342 e. The van der Waals surface area contributed by atoms with Gasteiger partial charge in [-0.05, 0) is 62.1 Å². The van der Waals surface area contributed by atoms with Gasteiger partial charge in [0, 0.05) is 18.0 Å². The summed E-state index contributed by atoms with van der Waals surface area (Å²) in [5.74, 6) is 2.02. The van der Waals surface area contributed by atoms with E-state index in [1.54, 1.807) is 11.3 Å². The number of carbonyl (C=O) groups excluding carboxylic acids is 1. The first-order chi connectivity index (χ1) is 11.3. The molecule has 3 nitrogen and oxygen atoms in total. The number of rotatable bonds is 2. The van der Waals surface area contributed by atoms with Gasteiger partial charge in [-0.1, -0.05) is 25.3 Å². The van der Waals surface area contributed by atoms with E-state index < -0.39 is 0 Å². The number of halogens is 1. The summed E-state index contributed by atoms with van der Waals surface area (Å²) in [6.07, 6.45) is 8.16. The molecule has 0 unspecified atom stereocenters. The van der Waals surface area contributed by atoms with Gasteiger partial charge in [-0.15, -0.1) is 23.7 Å². The van der Waals surface area contributed by atoms with Gasteiger partial charge in [-0.25, -0.2) is 0 Å². The number of hydrogen-bond acceptors (Lipinski definition) is 3. The zero-order valence-corrected chi connectivity index (χ0v) is 16.0. The largest absolute Gasteiger partial charge is 0.342 e. The summed E-state index contributed by atoms with van der Waals surface area (Å²) in [4.78, 5) is 17.1. The highest BCUT2D eigenvalue weighted by atomic mass is 35.5. The molecule has 1 saturated carbocycles. The zero-order valence-electron chi connectivity index (χ0n) is 14.3. The van der Waals surface area contributed by atoms with Crippen molar-refractivity contribution in [2.75, 3.05) is 26.2 Å². The van der Waals surface area contributed by atoms with Crippen molar-refractivity contribution in [3.8, 4) is 0 Å². The fourth-order valence-electron chi connectivity index (χ4n) is 5.00. The van der Waals surface area contributed by atoms with E-state index in [4.69, 9.17) is 0 Å². The van der Waals surface area contributed by atoms with Gasteiger partial charge < -0.3 is 10.2 Å². The molecule has 0 spiro atoms. The van der Waals surface area contributed by atoms with Crippen molar-refractivity contribution >= 4 is 29.7 Å². The van der Waals surface area contributed by atoms with E-state index in [0.29, 0.717) is 5.91 Å². The Morgan fingerprint density at radius 1 is 1.12 bits per heavy atom.